The Kier molecular flexibility index (Phi) is 3.34. The maximum absolute atomic E-state index is 13.1. The molecule has 0 saturated heterocycles. The van der Waals surface area contributed by atoms with E-state index in [1.165, 1.54) is 25.3 Å². The Hall–Kier alpha value is -0.930. The van der Waals surface area contributed by atoms with Crippen LogP contribution in [0.1, 0.15) is 30.4 Å². The van der Waals surface area contributed by atoms with Gasteiger partial charge in [-0.2, -0.15) is 0 Å². The van der Waals surface area contributed by atoms with E-state index >= 15 is 0 Å². The molecule has 2 N–H and O–H groups in total. The summed E-state index contributed by atoms with van der Waals surface area (Å²) in [6.07, 6.45) is 3.80. The summed E-state index contributed by atoms with van der Waals surface area (Å²) >= 11 is 0. The first-order valence-corrected chi connectivity index (χ1v) is 5.41. The molecule has 0 radical (unpaired) electrons. The normalized spacial score (nSPS) is 16.4. The molecule has 0 bridgehead atoms. The summed E-state index contributed by atoms with van der Waals surface area (Å²) in [4.78, 5) is 0. The molecule has 1 aromatic rings. The first-order valence-electron chi connectivity index (χ1n) is 5.41. The second-order valence-corrected chi connectivity index (χ2v) is 4.09. The van der Waals surface area contributed by atoms with E-state index in [1.54, 1.807) is 12.1 Å². The Morgan fingerprint density at radius 2 is 2.20 bits per heavy atom. The van der Waals surface area contributed by atoms with Gasteiger partial charge in [0.25, 0.3) is 0 Å². The zero-order valence-electron chi connectivity index (χ0n) is 8.67. The highest BCUT2D eigenvalue weighted by Crippen LogP contribution is 2.19. The largest absolute Gasteiger partial charge is 0.392 e. The van der Waals surface area contributed by atoms with E-state index in [9.17, 15) is 4.39 Å². The highest BCUT2D eigenvalue weighted by atomic mass is 19.1. The van der Waals surface area contributed by atoms with Crippen molar-refractivity contribution >= 4 is 0 Å². The number of hydrogen-bond donors (Lipinski definition) is 2. The van der Waals surface area contributed by atoms with E-state index in [2.05, 4.69) is 5.32 Å². The number of rotatable bonds is 4. The smallest absolute Gasteiger partial charge is 0.128 e. The van der Waals surface area contributed by atoms with Gasteiger partial charge < -0.3 is 10.4 Å². The van der Waals surface area contributed by atoms with Crippen LogP contribution in [0.4, 0.5) is 4.39 Å². The summed E-state index contributed by atoms with van der Waals surface area (Å²) in [6.45, 7) is 0.529. The van der Waals surface area contributed by atoms with Crippen molar-refractivity contribution < 1.29 is 9.50 Å². The quantitative estimate of drug-likeness (QED) is 0.794. The molecule has 1 fully saturated rings. The van der Waals surface area contributed by atoms with Crippen LogP contribution in [0.5, 0.6) is 0 Å². The van der Waals surface area contributed by atoms with Gasteiger partial charge in [-0.25, -0.2) is 4.39 Å². The third-order valence-corrected chi connectivity index (χ3v) is 2.98. The third kappa shape index (κ3) is 2.55. The van der Waals surface area contributed by atoms with Crippen LogP contribution in [-0.4, -0.2) is 11.1 Å². The minimum absolute atomic E-state index is 0.233. The summed E-state index contributed by atoms with van der Waals surface area (Å²) in [5, 5.41) is 12.3. The maximum Gasteiger partial charge on any atom is 0.128 e. The zero-order chi connectivity index (χ0) is 10.7. The molecule has 2 rings (SSSR count). The molecule has 15 heavy (non-hydrogen) atoms. The lowest BCUT2D eigenvalue weighted by Gasteiger charge is -2.26. The van der Waals surface area contributed by atoms with Gasteiger partial charge in [0.05, 0.1) is 6.61 Å². The minimum Gasteiger partial charge on any atom is -0.392 e. The first kappa shape index (κ1) is 10.6. The molecule has 82 valence electrons. The molecule has 0 unspecified atom stereocenters. The topological polar surface area (TPSA) is 32.3 Å². The first-order chi connectivity index (χ1) is 7.29. The number of halogens is 1. The molecule has 3 heteroatoms. The molecule has 1 aliphatic rings. The van der Waals surface area contributed by atoms with E-state index in [1.807, 2.05) is 0 Å². The minimum atomic E-state index is -0.329. The maximum atomic E-state index is 13.1. The second kappa shape index (κ2) is 4.73. The van der Waals surface area contributed by atoms with Crippen molar-refractivity contribution in [3.05, 3.63) is 35.1 Å². The molecule has 1 aromatic carbocycles. The number of aliphatic hydroxyl groups is 1. The van der Waals surface area contributed by atoms with Crippen molar-refractivity contribution in [1.29, 1.82) is 0 Å². The Morgan fingerprint density at radius 3 is 2.80 bits per heavy atom. The molecule has 0 amide bonds. The lowest BCUT2D eigenvalue weighted by atomic mass is 9.93. The van der Waals surface area contributed by atoms with Gasteiger partial charge in [0.1, 0.15) is 5.82 Å². The molecule has 0 aliphatic heterocycles. The second-order valence-electron chi connectivity index (χ2n) is 4.09. The molecule has 0 atom stereocenters. The Morgan fingerprint density at radius 1 is 1.40 bits per heavy atom. The zero-order valence-corrected chi connectivity index (χ0v) is 8.67. The van der Waals surface area contributed by atoms with Crippen LogP contribution in [0.2, 0.25) is 0 Å². The SMILES string of the molecule is OCc1cc(CNC2CCC2)ccc1F. The third-order valence-electron chi connectivity index (χ3n) is 2.98. The highest BCUT2D eigenvalue weighted by molar-refractivity contribution is 5.24. The van der Waals surface area contributed by atoms with Crippen molar-refractivity contribution in [3.63, 3.8) is 0 Å². The molecule has 0 spiro atoms. The van der Waals surface area contributed by atoms with Gasteiger partial charge >= 0.3 is 0 Å². The molecular formula is C12H16FNO. The molecule has 1 saturated carbocycles. The standard InChI is InChI=1S/C12H16FNO/c13-12-5-4-9(6-10(12)8-15)7-14-11-2-1-3-11/h4-6,11,14-15H,1-3,7-8H2. The van der Waals surface area contributed by atoms with Crippen LogP contribution in [-0.2, 0) is 13.2 Å². The van der Waals surface area contributed by atoms with Crippen molar-refractivity contribution in [3.8, 4) is 0 Å². The van der Waals surface area contributed by atoms with Crippen LogP contribution in [0, 0.1) is 5.82 Å². The van der Waals surface area contributed by atoms with Gasteiger partial charge in [0, 0.05) is 18.2 Å². The van der Waals surface area contributed by atoms with Crippen molar-refractivity contribution in [2.45, 2.75) is 38.5 Å². The van der Waals surface area contributed by atoms with Crippen LogP contribution in [0.15, 0.2) is 18.2 Å². The number of aliphatic hydroxyl groups excluding tert-OH is 1. The van der Waals surface area contributed by atoms with Crippen molar-refractivity contribution in [2.75, 3.05) is 0 Å². The van der Waals surface area contributed by atoms with E-state index in [0.717, 1.165) is 12.1 Å². The average Bonchev–Trinajstić information content (AvgIpc) is 2.18. The monoisotopic (exact) mass is 209 g/mol. The van der Waals surface area contributed by atoms with E-state index in [4.69, 9.17) is 5.11 Å². The van der Waals surface area contributed by atoms with E-state index in [0.29, 0.717) is 11.6 Å². The summed E-state index contributed by atoms with van der Waals surface area (Å²) in [7, 11) is 0. The van der Waals surface area contributed by atoms with Gasteiger partial charge in [0.15, 0.2) is 0 Å². The fourth-order valence-electron chi connectivity index (χ4n) is 1.73. The number of hydrogen-bond acceptors (Lipinski definition) is 2. The van der Waals surface area contributed by atoms with Gasteiger partial charge in [-0.1, -0.05) is 12.5 Å². The summed E-state index contributed by atoms with van der Waals surface area (Å²) in [5.41, 5.74) is 1.41. The predicted octanol–water partition coefficient (Wildman–Crippen LogP) is 1.96. The molecule has 0 aromatic heterocycles. The fraction of sp³-hybridized carbons (Fsp3) is 0.500. The Bertz CT molecular complexity index is 336. The lowest BCUT2D eigenvalue weighted by molar-refractivity contribution is 0.275. The summed E-state index contributed by atoms with van der Waals surface area (Å²) in [5.74, 6) is -0.329. The Labute approximate surface area is 89.1 Å². The summed E-state index contributed by atoms with van der Waals surface area (Å²) in [6, 6.07) is 5.54. The van der Waals surface area contributed by atoms with Gasteiger partial charge in [-0.15, -0.1) is 0 Å². The number of nitrogens with one attached hydrogen (secondary N) is 1. The van der Waals surface area contributed by atoms with Gasteiger partial charge in [-0.05, 0) is 30.5 Å². The van der Waals surface area contributed by atoms with Crippen LogP contribution >= 0.6 is 0 Å². The number of benzene rings is 1. The highest BCUT2D eigenvalue weighted by Gasteiger charge is 2.16. The lowest BCUT2D eigenvalue weighted by Crippen LogP contribution is -2.34. The molecular weight excluding hydrogens is 193 g/mol. The van der Waals surface area contributed by atoms with E-state index in [-0.39, 0.29) is 12.4 Å². The van der Waals surface area contributed by atoms with Crippen molar-refractivity contribution in [2.24, 2.45) is 0 Å². The fourth-order valence-corrected chi connectivity index (χ4v) is 1.73. The Balaban J connectivity index is 1.95. The average molecular weight is 209 g/mol. The summed E-state index contributed by atoms with van der Waals surface area (Å²) < 4.78 is 13.1. The van der Waals surface area contributed by atoms with E-state index < -0.39 is 0 Å². The molecule has 2 nitrogen and oxygen atoms in total. The van der Waals surface area contributed by atoms with Crippen LogP contribution in [0.25, 0.3) is 0 Å². The predicted molar refractivity (Wildman–Crippen MR) is 56.8 cm³/mol. The van der Waals surface area contributed by atoms with Crippen molar-refractivity contribution in [1.82, 2.24) is 5.32 Å². The van der Waals surface area contributed by atoms with Gasteiger partial charge in [0.2, 0.25) is 0 Å². The molecule has 0 heterocycles. The van der Waals surface area contributed by atoms with Gasteiger partial charge in [-0.3, -0.25) is 0 Å². The van der Waals surface area contributed by atoms with Crippen LogP contribution in [0.3, 0.4) is 0 Å². The van der Waals surface area contributed by atoms with Crippen LogP contribution < -0.4 is 5.32 Å². The molecule has 1 aliphatic carbocycles.